The molecule has 3 nitrogen and oxygen atoms in total. The van der Waals surface area contributed by atoms with E-state index in [4.69, 9.17) is 0 Å². The van der Waals surface area contributed by atoms with E-state index in [0.29, 0.717) is 0 Å². The van der Waals surface area contributed by atoms with Crippen LogP contribution in [0.4, 0.5) is 0 Å². The van der Waals surface area contributed by atoms with Gasteiger partial charge in [-0.1, -0.05) is 32.1 Å². The van der Waals surface area contributed by atoms with Gasteiger partial charge in [0.25, 0.3) is 0 Å². The minimum atomic E-state index is 0.874. The highest BCUT2D eigenvalue weighted by Gasteiger charge is 2.16. The molecule has 2 rings (SSSR count). The lowest BCUT2D eigenvalue weighted by molar-refractivity contribution is 0.356. The highest BCUT2D eigenvalue weighted by atomic mass is 32.1. The topological polar surface area (TPSA) is 37.8 Å². The Balaban J connectivity index is 1.81. The van der Waals surface area contributed by atoms with Gasteiger partial charge in [0, 0.05) is 19.4 Å². The molecule has 0 amide bonds. The lowest BCUT2D eigenvalue weighted by Crippen LogP contribution is -2.09. The van der Waals surface area contributed by atoms with Crippen LogP contribution in [0.25, 0.3) is 0 Å². The summed E-state index contributed by atoms with van der Waals surface area (Å²) in [6, 6.07) is 0. The predicted octanol–water partition coefficient (Wildman–Crippen LogP) is 2.42. The second-order valence-electron chi connectivity index (χ2n) is 4.65. The average Bonchev–Trinajstić information content (AvgIpc) is 2.75. The second kappa shape index (κ2) is 6.30. The van der Waals surface area contributed by atoms with Crippen LogP contribution in [-0.2, 0) is 12.8 Å². The quantitative estimate of drug-likeness (QED) is 0.857. The molecule has 1 N–H and O–H groups in total. The first kappa shape index (κ1) is 12.0. The summed E-state index contributed by atoms with van der Waals surface area (Å²) >= 11 is 1.80. The molecule has 0 atom stereocenters. The van der Waals surface area contributed by atoms with E-state index in [1.165, 1.54) is 42.1 Å². The Morgan fingerprint density at radius 3 is 2.69 bits per heavy atom. The lowest BCUT2D eigenvalue weighted by atomic mass is 9.87. The van der Waals surface area contributed by atoms with E-state index in [1.54, 1.807) is 11.3 Å². The number of nitrogens with zero attached hydrogens (tertiary/aromatic N) is 2. The fraction of sp³-hybridized carbons (Fsp3) is 0.833. The summed E-state index contributed by atoms with van der Waals surface area (Å²) in [7, 11) is 1.98. The number of nitrogens with one attached hydrogen (secondary N) is 1. The van der Waals surface area contributed by atoms with Crippen LogP contribution in [0.1, 0.15) is 42.1 Å². The van der Waals surface area contributed by atoms with Gasteiger partial charge in [-0.3, -0.25) is 0 Å². The van der Waals surface area contributed by atoms with Crippen molar-refractivity contribution < 1.29 is 0 Å². The summed E-state index contributed by atoms with van der Waals surface area (Å²) in [6.07, 6.45) is 9.22. The molecule has 0 saturated heterocycles. The van der Waals surface area contributed by atoms with Crippen molar-refractivity contribution in [3.05, 3.63) is 10.0 Å². The summed E-state index contributed by atoms with van der Waals surface area (Å²) in [5.74, 6) is 0.874. The Hall–Kier alpha value is -0.480. The molecule has 1 heterocycles. The van der Waals surface area contributed by atoms with Gasteiger partial charge >= 0.3 is 0 Å². The fourth-order valence-corrected chi connectivity index (χ4v) is 3.30. The summed E-state index contributed by atoms with van der Waals surface area (Å²) in [4.78, 5) is 0. The zero-order valence-electron chi connectivity index (χ0n) is 10.0. The maximum absolute atomic E-state index is 4.30. The molecule has 0 radical (unpaired) electrons. The van der Waals surface area contributed by atoms with Gasteiger partial charge in [0.05, 0.1) is 0 Å². The van der Waals surface area contributed by atoms with Crippen molar-refractivity contribution in [2.45, 2.75) is 44.9 Å². The van der Waals surface area contributed by atoms with Crippen molar-refractivity contribution >= 4 is 11.3 Å². The summed E-state index contributed by atoms with van der Waals surface area (Å²) in [5, 5.41) is 14.1. The minimum Gasteiger partial charge on any atom is -0.319 e. The third-order valence-corrected chi connectivity index (χ3v) is 4.29. The molecule has 1 aliphatic rings. The van der Waals surface area contributed by atoms with Crippen LogP contribution in [-0.4, -0.2) is 23.8 Å². The predicted molar refractivity (Wildman–Crippen MR) is 67.8 cm³/mol. The normalized spacial score (nSPS) is 17.8. The van der Waals surface area contributed by atoms with Crippen LogP contribution >= 0.6 is 11.3 Å². The monoisotopic (exact) mass is 239 g/mol. The van der Waals surface area contributed by atoms with Gasteiger partial charge < -0.3 is 5.32 Å². The summed E-state index contributed by atoms with van der Waals surface area (Å²) in [6.45, 7) is 0.998. The minimum absolute atomic E-state index is 0.874. The molecule has 4 heteroatoms. The van der Waals surface area contributed by atoms with Crippen molar-refractivity contribution in [2.75, 3.05) is 13.6 Å². The number of aromatic nitrogens is 2. The van der Waals surface area contributed by atoms with Crippen molar-refractivity contribution in [3.63, 3.8) is 0 Å². The second-order valence-corrected chi connectivity index (χ2v) is 5.80. The molecular formula is C12H21N3S. The number of likely N-dealkylation sites (N-methyl/N-ethyl adjacent to an activating group) is 1. The molecule has 1 aliphatic carbocycles. The molecule has 1 aromatic rings. The fourth-order valence-electron chi connectivity index (χ4n) is 2.34. The first-order valence-corrected chi connectivity index (χ1v) is 7.16. The van der Waals surface area contributed by atoms with Crippen molar-refractivity contribution in [1.82, 2.24) is 15.5 Å². The van der Waals surface area contributed by atoms with Crippen LogP contribution in [0.3, 0.4) is 0 Å². The number of hydrogen-bond acceptors (Lipinski definition) is 4. The lowest BCUT2D eigenvalue weighted by Gasteiger charge is -2.19. The van der Waals surface area contributed by atoms with E-state index in [1.807, 2.05) is 7.05 Å². The zero-order valence-corrected chi connectivity index (χ0v) is 10.9. The van der Waals surface area contributed by atoms with Crippen LogP contribution in [0.2, 0.25) is 0 Å². The molecule has 0 unspecified atom stereocenters. The van der Waals surface area contributed by atoms with E-state index in [-0.39, 0.29) is 0 Å². The molecule has 90 valence electrons. The van der Waals surface area contributed by atoms with E-state index in [0.717, 1.165) is 25.3 Å². The molecule has 1 saturated carbocycles. The van der Waals surface area contributed by atoms with Crippen LogP contribution in [0.15, 0.2) is 0 Å². The van der Waals surface area contributed by atoms with Gasteiger partial charge in [-0.25, -0.2) is 0 Å². The van der Waals surface area contributed by atoms with Gasteiger partial charge in [-0.15, -0.1) is 21.5 Å². The van der Waals surface area contributed by atoms with E-state index < -0.39 is 0 Å². The van der Waals surface area contributed by atoms with Crippen LogP contribution in [0.5, 0.6) is 0 Å². The molecular weight excluding hydrogens is 218 g/mol. The molecule has 16 heavy (non-hydrogen) atoms. The number of rotatable bonds is 5. The zero-order chi connectivity index (χ0) is 11.2. The van der Waals surface area contributed by atoms with Gasteiger partial charge in [0.2, 0.25) is 0 Å². The van der Waals surface area contributed by atoms with E-state index in [9.17, 15) is 0 Å². The molecule has 1 aromatic heterocycles. The van der Waals surface area contributed by atoms with Crippen molar-refractivity contribution in [3.8, 4) is 0 Å². The van der Waals surface area contributed by atoms with Gasteiger partial charge in [0.15, 0.2) is 0 Å². The Bertz CT molecular complexity index is 305. The standard InChI is InChI=1S/C12H21N3S/c1-13-8-7-11-14-15-12(16-11)9-10-5-3-2-4-6-10/h10,13H,2-9H2,1H3. The SMILES string of the molecule is CNCCc1nnc(CC2CCCCC2)s1. The first-order chi connectivity index (χ1) is 7.88. The highest BCUT2D eigenvalue weighted by molar-refractivity contribution is 7.11. The average molecular weight is 239 g/mol. The van der Waals surface area contributed by atoms with Gasteiger partial charge in [-0.2, -0.15) is 0 Å². The van der Waals surface area contributed by atoms with Crippen LogP contribution < -0.4 is 5.32 Å². The smallest absolute Gasteiger partial charge is 0.118 e. The highest BCUT2D eigenvalue weighted by Crippen LogP contribution is 2.27. The molecule has 0 spiro atoms. The number of hydrogen-bond donors (Lipinski definition) is 1. The maximum atomic E-state index is 4.30. The third-order valence-electron chi connectivity index (χ3n) is 3.29. The Kier molecular flexibility index (Phi) is 4.72. The van der Waals surface area contributed by atoms with Crippen molar-refractivity contribution in [1.29, 1.82) is 0 Å². The molecule has 0 bridgehead atoms. The Labute approximate surface area is 102 Å². The maximum Gasteiger partial charge on any atom is 0.118 e. The summed E-state index contributed by atoms with van der Waals surface area (Å²) < 4.78 is 0. The Morgan fingerprint density at radius 2 is 1.94 bits per heavy atom. The Morgan fingerprint density at radius 1 is 1.19 bits per heavy atom. The van der Waals surface area contributed by atoms with E-state index in [2.05, 4.69) is 15.5 Å². The van der Waals surface area contributed by atoms with Crippen LogP contribution in [0, 0.1) is 5.92 Å². The molecule has 0 aliphatic heterocycles. The van der Waals surface area contributed by atoms with E-state index >= 15 is 0 Å². The largest absolute Gasteiger partial charge is 0.319 e. The van der Waals surface area contributed by atoms with Crippen molar-refractivity contribution in [2.24, 2.45) is 5.92 Å². The van der Waals surface area contributed by atoms with Gasteiger partial charge in [0.1, 0.15) is 10.0 Å². The first-order valence-electron chi connectivity index (χ1n) is 6.34. The third kappa shape index (κ3) is 3.52. The summed E-state index contributed by atoms with van der Waals surface area (Å²) in [5.41, 5.74) is 0. The molecule has 0 aromatic carbocycles. The molecule has 1 fully saturated rings. The van der Waals surface area contributed by atoms with Gasteiger partial charge in [-0.05, 0) is 13.0 Å².